The zero-order valence-corrected chi connectivity index (χ0v) is 11.5. The lowest BCUT2D eigenvalue weighted by Gasteiger charge is -2.24. The minimum atomic E-state index is -0.570. The zero-order chi connectivity index (χ0) is 14.8. The van der Waals surface area contributed by atoms with Crippen LogP contribution in [0.3, 0.4) is 0 Å². The number of pyridine rings is 1. The van der Waals surface area contributed by atoms with Gasteiger partial charge in [-0.3, -0.25) is 0 Å². The van der Waals surface area contributed by atoms with E-state index in [0.717, 1.165) is 10.9 Å². The fraction of sp³-hybridized carbons (Fsp3) is 0.333. The maximum Gasteiger partial charge on any atom is 0.356 e. The summed E-state index contributed by atoms with van der Waals surface area (Å²) in [5.41, 5.74) is 1.27. The van der Waals surface area contributed by atoms with Gasteiger partial charge in [0.2, 0.25) is 0 Å². The van der Waals surface area contributed by atoms with Crippen LogP contribution in [0.4, 0.5) is 4.39 Å². The Hall–Kier alpha value is -2.05. The van der Waals surface area contributed by atoms with E-state index in [-0.39, 0.29) is 11.8 Å². The van der Waals surface area contributed by atoms with E-state index in [0.29, 0.717) is 25.3 Å². The first-order valence-corrected chi connectivity index (χ1v) is 6.57. The quantitative estimate of drug-likeness (QED) is 0.794. The van der Waals surface area contributed by atoms with Gasteiger partial charge in [0.25, 0.3) is 0 Å². The van der Waals surface area contributed by atoms with Crippen LogP contribution in [0.1, 0.15) is 22.2 Å². The van der Waals surface area contributed by atoms with Crippen molar-refractivity contribution in [3.8, 4) is 0 Å². The topological polar surface area (TPSA) is 57.7 Å². The molecule has 21 heavy (non-hydrogen) atoms. The summed E-state index contributed by atoms with van der Waals surface area (Å²) in [5.74, 6) is -0.983. The van der Waals surface area contributed by atoms with Crippen LogP contribution in [0.2, 0.25) is 0 Å². The van der Waals surface area contributed by atoms with E-state index >= 15 is 0 Å². The molecular weight excluding hydrogens is 277 g/mol. The molecule has 0 aliphatic carbocycles. The molecule has 1 atom stereocenters. The highest BCUT2D eigenvalue weighted by atomic mass is 19.1. The number of nitrogens with zero attached hydrogens (tertiary/aromatic N) is 1. The molecule has 1 saturated heterocycles. The minimum Gasteiger partial charge on any atom is -0.464 e. The lowest BCUT2D eigenvalue weighted by Crippen LogP contribution is -2.22. The van der Waals surface area contributed by atoms with Gasteiger partial charge in [0.15, 0.2) is 0 Å². The number of rotatable bonds is 2. The van der Waals surface area contributed by atoms with E-state index in [4.69, 9.17) is 14.2 Å². The molecule has 1 aliphatic rings. The Labute approximate surface area is 120 Å². The van der Waals surface area contributed by atoms with Gasteiger partial charge < -0.3 is 14.2 Å². The highest BCUT2D eigenvalue weighted by Crippen LogP contribution is 2.29. The average molecular weight is 291 g/mol. The summed E-state index contributed by atoms with van der Waals surface area (Å²) in [6, 6.07) is 5.89. The number of halogens is 1. The second-order valence-electron chi connectivity index (χ2n) is 4.68. The zero-order valence-electron chi connectivity index (χ0n) is 11.5. The second-order valence-corrected chi connectivity index (χ2v) is 4.68. The van der Waals surface area contributed by atoms with Crippen molar-refractivity contribution in [2.45, 2.75) is 6.10 Å². The lowest BCUT2D eigenvalue weighted by molar-refractivity contribution is -0.0896. The third-order valence-corrected chi connectivity index (χ3v) is 3.36. The Morgan fingerprint density at radius 1 is 1.38 bits per heavy atom. The number of benzene rings is 1. The first kappa shape index (κ1) is 13.9. The van der Waals surface area contributed by atoms with Gasteiger partial charge in [-0.15, -0.1) is 0 Å². The Morgan fingerprint density at radius 2 is 2.24 bits per heavy atom. The van der Waals surface area contributed by atoms with Gasteiger partial charge in [0, 0.05) is 11.5 Å². The molecule has 110 valence electrons. The maximum absolute atomic E-state index is 13.4. The number of methoxy groups -OCH3 is 1. The van der Waals surface area contributed by atoms with Gasteiger partial charge in [0.1, 0.15) is 17.6 Å². The van der Waals surface area contributed by atoms with Gasteiger partial charge in [0.05, 0.1) is 32.4 Å². The Kier molecular flexibility index (Phi) is 3.81. The molecule has 3 rings (SSSR count). The van der Waals surface area contributed by atoms with Crippen LogP contribution in [0, 0.1) is 5.82 Å². The minimum absolute atomic E-state index is 0.125. The highest BCUT2D eigenvalue weighted by Gasteiger charge is 2.22. The summed E-state index contributed by atoms with van der Waals surface area (Å²) in [4.78, 5) is 15.9. The van der Waals surface area contributed by atoms with Gasteiger partial charge in [-0.2, -0.15) is 0 Å². The van der Waals surface area contributed by atoms with Crippen LogP contribution in [0.5, 0.6) is 0 Å². The van der Waals surface area contributed by atoms with Crippen molar-refractivity contribution >= 4 is 16.9 Å². The van der Waals surface area contributed by atoms with E-state index in [1.807, 2.05) is 0 Å². The fourth-order valence-electron chi connectivity index (χ4n) is 2.37. The molecule has 1 aliphatic heterocycles. The average Bonchev–Trinajstić information content (AvgIpc) is 2.53. The first-order valence-electron chi connectivity index (χ1n) is 6.57. The van der Waals surface area contributed by atoms with Crippen molar-refractivity contribution in [3.05, 3.63) is 41.3 Å². The highest BCUT2D eigenvalue weighted by molar-refractivity contribution is 5.92. The van der Waals surface area contributed by atoms with Crippen LogP contribution in [-0.4, -0.2) is 37.9 Å². The van der Waals surface area contributed by atoms with Crippen LogP contribution in [0.25, 0.3) is 10.9 Å². The van der Waals surface area contributed by atoms with Crippen molar-refractivity contribution in [3.63, 3.8) is 0 Å². The Morgan fingerprint density at radius 3 is 2.95 bits per heavy atom. The number of hydrogen-bond acceptors (Lipinski definition) is 5. The molecule has 6 heteroatoms. The number of ether oxygens (including phenoxy) is 3. The van der Waals surface area contributed by atoms with E-state index in [1.165, 1.54) is 19.2 Å². The summed E-state index contributed by atoms with van der Waals surface area (Å²) in [6.45, 7) is 1.40. The first-order chi connectivity index (χ1) is 10.2. The maximum atomic E-state index is 13.4. The summed E-state index contributed by atoms with van der Waals surface area (Å²) in [6.07, 6.45) is -0.307. The Balaban J connectivity index is 2.16. The molecule has 1 aromatic heterocycles. The molecule has 1 fully saturated rings. The number of aromatic nitrogens is 1. The number of esters is 1. The van der Waals surface area contributed by atoms with Gasteiger partial charge in [-0.25, -0.2) is 14.2 Å². The molecule has 1 unspecified atom stereocenters. The number of fused-ring (bicyclic) bond motifs is 1. The summed E-state index contributed by atoms with van der Waals surface area (Å²) in [5, 5.41) is 0.736. The third kappa shape index (κ3) is 2.72. The molecule has 0 radical (unpaired) electrons. The monoisotopic (exact) mass is 291 g/mol. The summed E-state index contributed by atoms with van der Waals surface area (Å²) >= 11 is 0. The molecule has 0 N–H and O–H groups in total. The molecule has 2 heterocycles. The van der Waals surface area contributed by atoms with Crippen molar-refractivity contribution in [1.29, 1.82) is 0 Å². The second kappa shape index (κ2) is 5.75. The predicted octanol–water partition coefficient (Wildman–Crippen LogP) is 2.25. The summed E-state index contributed by atoms with van der Waals surface area (Å²) in [7, 11) is 1.28. The normalized spacial score (nSPS) is 18.7. The van der Waals surface area contributed by atoms with Gasteiger partial charge in [-0.1, -0.05) is 0 Å². The summed E-state index contributed by atoms with van der Waals surface area (Å²) < 4.78 is 29.2. The van der Waals surface area contributed by atoms with Crippen molar-refractivity contribution in [2.24, 2.45) is 0 Å². The van der Waals surface area contributed by atoms with Crippen LogP contribution >= 0.6 is 0 Å². The lowest BCUT2D eigenvalue weighted by atomic mass is 10.0. The third-order valence-electron chi connectivity index (χ3n) is 3.36. The van der Waals surface area contributed by atoms with Crippen LogP contribution in [-0.2, 0) is 14.2 Å². The molecular formula is C15H14FNO4. The standard InChI is InChI=1S/C15H14FNO4/c1-19-15(18)13-7-11(14-8-20-4-5-21-14)10-3-2-9(16)6-12(10)17-13/h2-3,6-7,14H,4-5,8H2,1H3. The van der Waals surface area contributed by atoms with Crippen molar-refractivity contribution in [2.75, 3.05) is 26.9 Å². The van der Waals surface area contributed by atoms with Crippen LogP contribution < -0.4 is 0 Å². The molecule has 0 amide bonds. The smallest absolute Gasteiger partial charge is 0.356 e. The number of carbonyl (C=O) groups is 1. The largest absolute Gasteiger partial charge is 0.464 e. The van der Waals surface area contributed by atoms with Gasteiger partial charge in [-0.05, 0) is 23.8 Å². The molecule has 2 aromatic rings. The van der Waals surface area contributed by atoms with Crippen molar-refractivity contribution in [1.82, 2.24) is 4.98 Å². The molecule has 0 bridgehead atoms. The van der Waals surface area contributed by atoms with E-state index < -0.39 is 11.8 Å². The molecule has 1 aromatic carbocycles. The Bertz CT molecular complexity index is 683. The predicted molar refractivity (Wildman–Crippen MR) is 72.6 cm³/mol. The molecule has 5 nitrogen and oxygen atoms in total. The van der Waals surface area contributed by atoms with Crippen LogP contribution in [0.15, 0.2) is 24.3 Å². The van der Waals surface area contributed by atoms with E-state index in [2.05, 4.69) is 4.98 Å². The fourth-order valence-corrected chi connectivity index (χ4v) is 2.37. The SMILES string of the molecule is COC(=O)c1cc(C2COCCO2)c2ccc(F)cc2n1. The van der Waals surface area contributed by atoms with Gasteiger partial charge >= 0.3 is 5.97 Å². The number of carbonyl (C=O) groups excluding carboxylic acids is 1. The van der Waals surface area contributed by atoms with E-state index in [9.17, 15) is 9.18 Å². The van der Waals surface area contributed by atoms with Crippen molar-refractivity contribution < 1.29 is 23.4 Å². The number of hydrogen-bond donors (Lipinski definition) is 0. The van der Waals surface area contributed by atoms with E-state index in [1.54, 1.807) is 12.1 Å². The molecule has 0 spiro atoms. The molecule has 0 saturated carbocycles.